The van der Waals surface area contributed by atoms with Crippen molar-refractivity contribution in [1.29, 1.82) is 0 Å². The van der Waals surface area contributed by atoms with Crippen molar-refractivity contribution < 1.29 is 14.5 Å². The Morgan fingerprint density at radius 3 is 2.64 bits per heavy atom. The van der Waals surface area contributed by atoms with Crippen LogP contribution in [0.1, 0.15) is 11.1 Å². The van der Waals surface area contributed by atoms with Gasteiger partial charge >= 0.3 is 0 Å². The maximum atomic E-state index is 12.5. The number of nitro groups is 1. The van der Waals surface area contributed by atoms with Gasteiger partial charge in [-0.15, -0.1) is 0 Å². The first kappa shape index (κ1) is 16.7. The lowest BCUT2D eigenvalue weighted by Crippen LogP contribution is -2.35. The fraction of sp³-hybridized carbons (Fsp3) is 0.0588. The molecule has 2 aromatic rings. The Labute approximate surface area is 147 Å². The molecule has 0 atom stereocenters. The predicted octanol–water partition coefficient (Wildman–Crippen LogP) is 3.02. The van der Waals surface area contributed by atoms with Crippen molar-refractivity contribution in [2.45, 2.75) is 6.92 Å². The lowest BCUT2D eigenvalue weighted by molar-refractivity contribution is -0.384. The molecule has 1 aliphatic heterocycles. The Morgan fingerprint density at radius 1 is 1.20 bits per heavy atom. The Bertz CT molecular complexity index is 939. The van der Waals surface area contributed by atoms with Crippen LogP contribution in [0.15, 0.2) is 48.0 Å². The number of non-ortho nitro benzene ring substituents is 1. The van der Waals surface area contributed by atoms with E-state index in [0.29, 0.717) is 16.3 Å². The number of nitrogens with zero attached hydrogens (tertiary/aromatic N) is 2. The van der Waals surface area contributed by atoms with E-state index < -0.39 is 16.7 Å². The number of hydrogen-bond donors (Lipinski definition) is 1. The second-order valence-electron chi connectivity index (χ2n) is 5.43. The van der Waals surface area contributed by atoms with E-state index in [4.69, 9.17) is 11.6 Å². The van der Waals surface area contributed by atoms with Crippen LogP contribution < -0.4 is 10.4 Å². The fourth-order valence-electron chi connectivity index (χ4n) is 2.35. The molecule has 0 bridgehead atoms. The maximum absolute atomic E-state index is 12.5. The molecule has 0 aromatic heterocycles. The molecular weight excluding hydrogens is 346 g/mol. The van der Waals surface area contributed by atoms with Gasteiger partial charge in [0.2, 0.25) is 0 Å². The third-order valence-corrected chi connectivity index (χ3v) is 4.10. The molecule has 1 N–H and O–H groups in total. The molecule has 25 heavy (non-hydrogen) atoms. The van der Waals surface area contributed by atoms with Gasteiger partial charge in [-0.2, -0.15) is 0 Å². The first-order chi connectivity index (χ1) is 11.9. The van der Waals surface area contributed by atoms with E-state index in [1.54, 1.807) is 24.3 Å². The highest BCUT2D eigenvalue weighted by atomic mass is 35.5. The van der Waals surface area contributed by atoms with E-state index in [1.807, 2.05) is 6.92 Å². The van der Waals surface area contributed by atoms with Crippen LogP contribution >= 0.6 is 11.6 Å². The van der Waals surface area contributed by atoms with Crippen LogP contribution in [-0.4, -0.2) is 16.7 Å². The summed E-state index contributed by atoms with van der Waals surface area (Å²) in [6, 6.07) is 10.7. The molecule has 0 aliphatic carbocycles. The zero-order chi connectivity index (χ0) is 18.1. The summed E-state index contributed by atoms with van der Waals surface area (Å²) in [6.45, 7) is 1.82. The summed E-state index contributed by atoms with van der Waals surface area (Å²) in [5, 5.41) is 12.4. The molecule has 2 aromatic carbocycles. The summed E-state index contributed by atoms with van der Waals surface area (Å²) in [7, 11) is 0. The van der Waals surface area contributed by atoms with Crippen LogP contribution in [0.5, 0.6) is 0 Å². The number of benzene rings is 2. The standard InChI is InChI=1S/C17H12ClN3O4/c1-10-5-6-12(9-15(10)18)20-17(23)14(16(22)19-20)8-11-3-2-4-13(7-11)21(24)25/h2-9H,1H3,(H,19,22)/b14-8-. The number of hydrogen-bond acceptors (Lipinski definition) is 4. The van der Waals surface area contributed by atoms with Gasteiger partial charge in [0.1, 0.15) is 5.57 Å². The Morgan fingerprint density at radius 2 is 1.96 bits per heavy atom. The van der Waals surface area contributed by atoms with E-state index >= 15 is 0 Å². The van der Waals surface area contributed by atoms with E-state index in [0.717, 1.165) is 10.6 Å². The Hall–Kier alpha value is -3.19. The third-order valence-electron chi connectivity index (χ3n) is 3.70. The zero-order valence-corrected chi connectivity index (χ0v) is 13.8. The summed E-state index contributed by atoms with van der Waals surface area (Å²) in [5.41, 5.74) is 3.88. The van der Waals surface area contributed by atoms with Gasteiger partial charge in [0.15, 0.2) is 0 Å². The number of carbonyl (C=O) groups excluding carboxylic acids is 2. The van der Waals surface area contributed by atoms with Crippen molar-refractivity contribution in [2.75, 3.05) is 5.01 Å². The van der Waals surface area contributed by atoms with Gasteiger partial charge in [-0.1, -0.05) is 29.8 Å². The largest absolute Gasteiger partial charge is 0.282 e. The Balaban J connectivity index is 1.94. The van der Waals surface area contributed by atoms with Crippen molar-refractivity contribution in [3.63, 3.8) is 0 Å². The number of nitrogens with one attached hydrogen (secondary N) is 1. The lowest BCUT2D eigenvalue weighted by atomic mass is 10.1. The highest BCUT2D eigenvalue weighted by molar-refractivity contribution is 6.33. The third kappa shape index (κ3) is 3.22. The van der Waals surface area contributed by atoms with Crippen molar-refractivity contribution in [3.8, 4) is 0 Å². The molecule has 1 aliphatic rings. The minimum atomic E-state index is -0.590. The van der Waals surface area contributed by atoms with Gasteiger partial charge in [-0.05, 0) is 36.3 Å². The summed E-state index contributed by atoms with van der Waals surface area (Å²) < 4.78 is 0. The molecule has 2 amide bonds. The van der Waals surface area contributed by atoms with Crippen molar-refractivity contribution in [2.24, 2.45) is 0 Å². The highest BCUT2D eigenvalue weighted by Crippen LogP contribution is 2.26. The number of carbonyl (C=O) groups is 2. The number of hydrazine groups is 1. The van der Waals surface area contributed by atoms with E-state index in [9.17, 15) is 19.7 Å². The molecule has 0 saturated carbocycles. The van der Waals surface area contributed by atoms with Crippen LogP contribution in [0.4, 0.5) is 11.4 Å². The second-order valence-corrected chi connectivity index (χ2v) is 5.83. The van der Waals surface area contributed by atoms with E-state index in [1.165, 1.54) is 24.3 Å². The van der Waals surface area contributed by atoms with Crippen molar-refractivity contribution >= 4 is 40.9 Å². The monoisotopic (exact) mass is 357 g/mol. The first-order valence-corrected chi connectivity index (χ1v) is 7.62. The molecule has 3 rings (SSSR count). The summed E-state index contributed by atoms with van der Waals surface area (Å²) >= 11 is 6.06. The van der Waals surface area contributed by atoms with Gasteiger partial charge in [-0.25, -0.2) is 5.01 Å². The SMILES string of the molecule is Cc1ccc(N2NC(=O)/C(=C/c3cccc([N+](=O)[O-])c3)C2=O)cc1Cl. The topological polar surface area (TPSA) is 92.6 Å². The van der Waals surface area contributed by atoms with Crippen LogP contribution in [0, 0.1) is 17.0 Å². The Kier molecular flexibility index (Phi) is 4.24. The predicted molar refractivity (Wildman–Crippen MR) is 92.9 cm³/mol. The van der Waals surface area contributed by atoms with Crippen LogP contribution in [0.3, 0.4) is 0 Å². The highest BCUT2D eigenvalue weighted by Gasteiger charge is 2.34. The number of rotatable bonds is 3. The van der Waals surface area contributed by atoms with Crippen molar-refractivity contribution in [1.82, 2.24) is 5.43 Å². The molecule has 0 spiro atoms. The minimum absolute atomic E-state index is 0.114. The molecule has 126 valence electrons. The van der Waals surface area contributed by atoms with E-state index in [2.05, 4.69) is 5.43 Å². The van der Waals surface area contributed by atoms with Gasteiger partial charge < -0.3 is 0 Å². The molecular formula is C17H12ClN3O4. The molecule has 0 unspecified atom stereocenters. The van der Waals surface area contributed by atoms with Crippen molar-refractivity contribution in [3.05, 3.63) is 74.3 Å². The van der Waals surface area contributed by atoms with Crippen LogP contribution in [0.25, 0.3) is 6.08 Å². The molecule has 0 radical (unpaired) electrons. The van der Waals surface area contributed by atoms with Crippen LogP contribution in [0.2, 0.25) is 5.02 Å². The summed E-state index contributed by atoms with van der Waals surface area (Å²) in [4.78, 5) is 35.0. The number of halogens is 1. The molecule has 1 fully saturated rings. The lowest BCUT2D eigenvalue weighted by Gasteiger charge is -2.15. The maximum Gasteiger partial charge on any atom is 0.282 e. The van der Waals surface area contributed by atoms with Gasteiger partial charge in [0.25, 0.3) is 17.5 Å². The van der Waals surface area contributed by atoms with Crippen LogP contribution in [-0.2, 0) is 9.59 Å². The number of amides is 2. The number of anilines is 1. The first-order valence-electron chi connectivity index (χ1n) is 7.24. The fourth-order valence-corrected chi connectivity index (χ4v) is 2.53. The van der Waals surface area contributed by atoms with Gasteiger partial charge in [0.05, 0.1) is 10.6 Å². The summed E-state index contributed by atoms with van der Waals surface area (Å²) in [6.07, 6.45) is 1.32. The second kappa shape index (κ2) is 6.37. The van der Waals surface area contributed by atoms with Gasteiger partial charge in [-0.3, -0.25) is 25.1 Å². The average Bonchev–Trinajstić information content (AvgIpc) is 2.86. The minimum Gasteiger partial charge on any atom is -0.267 e. The molecule has 7 nitrogen and oxygen atoms in total. The number of nitro benzene ring substituents is 1. The average molecular weight is 358 g/mol. The smallest absolute Gasteiger partial charge is 0.267 e. The van der Waals surface area contributed by atoms with E-state index in [-0.39, 0.29) is 11.3 Å². The normalized spacial score (nSPS) is 15.6. The van der Waals surface area contributed by atoms with Gasteiger partial charge in [0, 0.05) is 17.2 Å². The molecule has 1 saturated heterocycles. The molecule has 8 heteroatoms. The number of aryl methyl sites for hydroxylation is 1. The zero-order valence-electron chi connectivity index (χ0n) is 13.0. The molecule has 1 heterocycles. The summed E-state index contributed by atoms with van der Waals surface area (Å²) in [5.74, 6) is -1.15. The quantitative estimate of drug-likeness (QED) is 0.395.